The molecule has 0 saturated carbocycles. The number of aryl methyl sites for hydroxylation is 1. The van der Waals surface area contributed by atoms with Crippen LogP contribution in [0.5, 0.6) is 0 Å². The van der Waals surface area contributed by atoms with Crippen molar-refractivity contribution >= 4 is 28.5 Å². The molecule has 2 heterocycles. The minimum atomic E-state index is -0.121. The van der Waals surface area contributed by atoms with Crippen LogP contribution in [0.4, 0.5) is 5.69 Å². The largest absolute Gasteiger partial charge is 0.342 e. The van der Waals surface area contributed by atoms with Gasteiger partial charge in [-0.25, -0.2) is 4.98 Å². The van der Waals surface area contributed by atoms with Gasteiger partial charge in [-0.2, -0.15) is 0 Å². The van der Waals surface area contributed by atoms with Crippen LogP contribution in [0.15, 0.2) is 48.5 Å². The Labute approximate surface area is 170 Å². The number of anilines is 1. The molecular formula is C23H26N4O2. The van der Waals surface area contributed by atoms with Gasteiger partial charge in [-0.15, -0.1) is 0 Å². The van der Waals surface area contributed by atoms with E-state index in [0.29, 0.717) is 5.82 Å². The van der Waals surface area contributed by atoms with E-state index in [1.165, 1.54) is 0 Å². The molecule has 29 heavy (non-hydrogen) atoms. The van der Waals surface area contributed by atoms with Gasteiger partial charge in [-0.05, 0) is 43.0 Å². The number of amides is 2. The Hall–Kier alpha value is -3.15. The highest BCUT2D eigenvalue weighted by molar-refractivity contribution is 5.92. The molecule has 0 atom stereocenters. The molecule has 150 valence electrons. The van der Waals surface area contributed by atoms with E-state index < -0.39 is 0 Å². The lowest BCUT2D eigenvalue weighted by Gasteiger charge is -2.16. The molecule has 0 radical (unpaired) electrons. The van der Waals surface area contributed by atoms with Crippen LogP contribution in [0.25, 0.3) is 11.0 Å². The standard InChI is InChI=1S/C23H26N4O2/c1-2-17-9-3-4-10-18(17)25-22(28)16-27-20-12-6-5-11-19(20)24-21(27)15-23(29)26-13-7-8-14-26/h3-6,9-12H,2,7-8,13-16H2,1H3,(H,25,28). The summed E-state index contributed by atoms with van der Waals surface area (Å²) in [6.07, 6.45) is 3.18. The molecule has 0 bridgehead atoms. The van der Waals surface area contributed by atoms with E-state index >= 15 is 0 Å². The average Bonchev–Trinajstić information content (AvgIpc) is 3.37. The van der Waals surface area contributed by atoms with Crippen molar-refractivity contribution in [2.24, 2.45) is 0 Å². The molecule has 1 aliphatic rings. The van der Waals surface area contributed by atoms with E-state index in [-0.39, 0.29) is 24.8 Å². The normalized spacial score (nSPS) is 13.8. The number of hydrogen-bond acceptors (Lipinski definition) is 3. The van der Waals surface area contributed by atoms with Crippen LogP contribution >= 0.6 is 0 Å². The molecule has 0 aliphatic carbocycles. The highest BCUT2D eigenvalue weighted by atomic mass is 16.2. The number of nitrogens with zero attached hydrogens (tertiary/aromatic N) is 3. The minimum absolute atomic E-state index is 0.0794. The zero-order chi connectivity index (χ0) is 20.2. The molecule has 3 aromatic rings. The third-order valence-electron chi connectivity index (χ3n) is 5.48. The molecule has 0 unspecified atom stereocenters. The number of para-hydroxylation sites is 3. The quantitative estimate of drug-likeness (QED) is 0.701. The first-order valence-corrected chi connectivity index (χ1v) is 10.3. The van der Waals surface area contributed by atoms with Gasteiger partial charge in [0.25, 0.3) is 0 Å². The van der Waals surface area contributed by atoms with Gasteiger partial charge >= 0.3 is 0 Å². The highest BCUT2D eigenvalue weighted by Crippen LogP contribution is 2.20. The van der Waals surface area contributed by atoms with E-state index in [1.54, 1.807) is 0 Å². The van der Waals surface area contributed by atoms with Gasteiger partial charge in [0.1, 0.15) is 12.4 Å². The van der Waals surface area contributed by atoms with Crippen molar-refractivity contribution in [1.82, 2.24) is 14.5 Å². The Morgan fingerprint density at radius 2 is 1.76 bits per heavy atom. The van der Waals surface area contributed by atoms with Crippen molar-refractivity contribution in [3.05, 3.63) is 59.9 Å². The SMILES string of the molecule is CCc1ccccc1NC(=O)Cn1c(CC(=O)N2CCCC2)nc2ccccc21. The Morgan fingerprint density at radius 1 is 1.03 bits per heavy atom. The van der Waals surface area contributed by atoms with Crippen molar-refractivity contribution in [2.45, 2.75) is 39.2 Å². The van der Waals surface area contributed by atoms with Crippen molar-refractivity contribution in [1.29, 1.82) is 0 Å². The van der Waals surface area contributed by atoms with E-state index in [0.717, 1.165) is 54.6 Å². The molecular weight excluding hydrogens is 364 g/mol. The number of rotatable bonds is 6. The summed E-state index contributed by atoms with van der Waals surface area (Å²) < 4.78 is 1.87. The van der Waals surface area contributed by atoms with E-state index in [9.17, 15) is 9.59 Å². The summed E-state index contributed by atoms with van der Waals surface area (Å²) in [5.41, 5.74) is 3.61. The lowest BCUT2D eigenvalue weighted by Crippen LogP contribution is -2.30. The molecule has 1 aromatic heterocycles. The first kappa shape index (κ1) is 19.2. The molecule has 4 rings (SSSR count). The number of carbonyl (C=O) groups is 2. The van der Waals surface area contributed by atoms with Crippen LogP contribution in [0.1, 0.15) is 31.2 Å². The van der Waals surface area contributed by atoms with Crippen LogP contribution in [0.3, 0.4) is 0 Å². The highest BCUT2D eigenvalue weighted by Gasteiger charge is 2.22. The molecule has 2 amide bonds. The summed E-state index contributed by atoms with van der Waals surface area (Å²) in [7, 11) is 0. The van der Waals surface area contributed by atoms with Crippen molar-refractivity contribution < 1.29 is 9.59 Å². The number of fused-ring (bicyclic) bond motifs is 1. The topological polar surface area (TPSA) is 67.2 Å². The molecule has 1 saturated heterocycles. The van der Waals surface area contributed by atoms with Gasteiger partial charge in [0.05, 0.1) is 17.5 Å². The number of likely N-dealkylation sites (tertiary alicyclic amines) is 1. The van der Waals surface area contributed by atoms with Crippen LogP contribution < -0.4 is 5.32 Å². The zero-order valence-corrected chi connectivity index (χ0v) is 16.7. The second kappa shape index (κ2) is 8.47. The molecule has 0 spiro atoms. The first-order valence-electron chi connectivity index (χ1n) is 10.3. The summed E-state index contributed by atoms with van der Waals surface area (Å²) in [5.74, 6) is 0.599. The summed E-state index contributed by atoms with van der Waals surface area (Å²) in [6, 6.07) is 15.5. The Kier molecular flexibility index (Phi) is 5.60. The Balaban J connectivity index is 1.58. The lowest BCUT2D eigenvalue weighted by molar-refractivity contribution is -0.129. The molecule has 6 heteroatoms. The van der Waals surface area contributed by atoms with Gasteiger partial charge in [-0.1, -0.05) is 37.3 Å². The van der Waals surface area contributed by atoms with Crippen molar-refractivity contribution in [3.63, 3.8) is 0 Å². The summed E-state index contributed by atoms with van der Waals surface area (Å²) in [6.45, 7) is 3.82. The molecule has 1 aliphatic heterocycles. The third kappa shape index (κ3) is 4.16. The van der Waals surface area contributed by atoms with Gasteiger partial charge in [0, 0.05) is 18.8 Å². The van der Waals surface area contributed by atoms with Gasteiger partial charge < -0.3 is 14.8 Å². The second-order valence-corrected chi connectivity index (χ2v) is 7.43. The molecule has 1 fully saturated rings. The Morgan fingerprint density at radius 3 is 2.55 bits per heavy atom. The number of benzene rings is 2. The van der Waals surface area contributed by atoms with E-state index in [2.05, 4.69) is 17.2 Å². The van der Waals surface area contributed by atoms with Crippen LogP contribution in [-0.4, -0.2) is 39.4 Å². The third-order valence-corrected chi connectivity index (χ3v) is 5.48. The molecule has 2 aromatic carbocycles. The minimum Gasteiger partial charge on any atom is -0.342 e. The second-order valence-electron chi connectivity index (χ2n) is 7.43. The fraction of sp³-hybridized carbons (Fsp3) is 0.348. The Bertz CT molecular complexity index is 1030. The number of imidazole rings is 1. The molecule has 6 nitrogen and oxygen atoms in total. The maximum absolute atomic E-state index is 12.8. The number of nitrogens with one attached hydrogen (secondary N) is 1. The zero-order valence-electron chi connectivity index (χ0n) is 16.7. The summed E-state index contributed by atoms with van der Waals surface area (Å²) in [5, 5.41) is 3.02. The maximum Gasteiger partial charge on any atom is 0.244 e. The number of aromatic nitrogens is 2. The summed E-state index contributed by atoms with van der Waals surface area (Å²) in [4.78, 5) is 32.1. The first-order chi connectivity index (χ1) is 14.2. The predicted octanol–water partition coefficient (Wildman–Crippen LogP) is 3.40. The van der Waals surface area contributed by atoms with Crippen LogP contribution in [0.2, 0.25) is 0 Å². The predicted molar refractivity (Wildman–Crippen MR) is 114 cm³/mol. The maximum atomic E-state index is 12.8. The fourth-order valence-corrected chi connectivity index (χ4v) is 3.93. The van der Waals surface area contributed by atoms with Gasteiger partial charge in [0.15, 0.2) is 0 Å². The van der Waals surface area contributed by atoms with Crippen molar-refractivity contribution in [2.75, 3.05) is 18.4 Å². The van der Waals surface area contributed by atoms with Gasteiger partial charge in [-0.3, -0.25) is 9.59 Å². The lowest BCUT2D eigenvalue weighted by atomic mass is 10.1. The number of carbonyl (C=O) groups excluding carboxylic acids is 2. The fourth-order valence-electron chi connectivity index (χ4n) is 3.93. The van der Waals surface area contributed by atoms with E-state index in [4.69, 9.17) is 0 Å². The molecule has 1 N–H and O–H groups in total. The number of hydrogen-bond donors (Lipinski definition) is 1. The van der Waals surface area contributed by atoms with Gasteiger partial charge in [0.2, 0.25) is 11.8 Å². The smallest absolute Gasteiger partial charge is 0.244 e. The monoisotopic (exact) mass is 390 g/mol. The van der Waals surface area contributed by atoms with Crippen molar-refractivity contribution in [3.8, 4) is 0 Å². The average molecular weight is 390 g/mol. The van der Waals surface area contributed by atoms with Crippen LogP contribution in [0, 0.1) is 0 Å². The van der Waals surface area contributed by atoms with E-state index in [1.807, 2.05) is 58.0 Å². The summed E-state index contributed by atoms with van der Waals surface area (Å²) >= 11 is 0. The van der Waals surface area contributed by atoms with Crippen LogP contribution in [-0.2, 0) is 29.0 Å².